The summed E-state index contributed by atoms with van der Waals surface area (Å²) < 4.78 is 32.6. The fourth-order valence-electron chi connectivity index (χ4n) is 2.67. The van der Waals surface area contributed by atoms with Crippen LogP contribution >= 0.6 is 0 Å². The molecule has 1 aliphatic rings. The molecule has 0 aliphatic carbocycles. The van der Waals surface area contributed by atoms with Gasteiger partial charge in [0.15, 0.2) is 0 Å². The number of ether oxygens (including phenoxy) is 1. The highest BCUT2D eigenvalue weighted by molar-refractivity contribution is 7.89. The van der Waals surface area contributed by atoms with E-state index in [1.54, 1.807) is 18.2 Å². The second kappa shape index (κ2) is 6.34. The van der Waals surface area contributed by atoms with E-state index in [0.29, 0.717) is 18.0 Å². The Morgan fingerprint density at radius 2 is 2.14 bits per heavy atom. The highest BCUT2D eigenvalue weighted by Gasteiger charge is 2.34. The predicted molar refractivity (Wildman–Crippen MR) is 82.9 cm³/mol. The lowest BCUT2D eigenvalue weighted by Crippen LogP contribution is -2.39. The van der Waals surface area contributed by atoms with Gasteiger partial charge in [-0.25, -0.2) is 8.42 Å². The first-order valence-electron chi connectivity index (χ1n) is 7.35. The van der Waals surface area contributed by atoms with Crippen LogP contribution in [0.1, 0.15) is 32.3 Å². The molecule has 1 fully saturated rings. The minimum Gasteiger partial charge on any atom is -0.491 e. The van der Waals surface area contributed by atoms with Crippen molar-refractivity contribution in [2.45, 2.75) is 50.7 Å². The normalized spacial score (nSPS) is 20.1. The summed E-state index contributed by atoms with van der Waals surface area (Å²) >= 11 is 0. The van der Waals surface area contributed by atoms with Crippen molar-refractivity contribution >= 4 is 10.0 Å². The molecule has 6 heteroatoms. The lowest BCUT2D eigenvalue weighted by Gasteiger charge is -2.23. The molecule has 5 nitrogen and oxygen atoms in total. The molecule has 0 aromatic heterocycles. The second-order valence-corrected chi connectivity index (χ2v) is 7.63. The van der Waals surface area contributed by atoms with Crippen LogP contribution in [0.3, 0.4) is 0 Å². The Morgan fingerprint density at radius 1 is 1.43 bits per heavy atom. The number of hydrogen-bond donors (Lipinski definition) is 1. The van der Waals surface area contributed by atoms with Crippen LogP contribution in [0, 0.1) is 6.92 Å². The van der Waals surface area contributed by atoms with Crippen LogP contribution in [0.25, 0.3) is 0 Å². The van der Waals surface area contributed by atoms with Crippen molar-refractivity contribution < 1.29 is 13.2 Å². The van der Waals surface area contributed by atoms with Crippen molar-refractivity contribution in [1.29, 1.82) is 0 Å². The minimum absolute atomic E-state index is 0.0614. The molecule has 21 heavy (non-hydrogen) atoms. The van der Waals surface area contributed by atoms with Gasteiger partial charge in [0.05, 0.1) is 11.0 Å². The third kappa shape index (κ3) is 3.39. The molecule has 1 aromatic rings. The molecule has 1 atom stereocenters. The fourth-order valence-corrected chi connectivity index (χ4v) is 4.46. The van der Waals surface area contributed by atoms with Crippen molar-refractivity contribution in [3.8, 4) is 5.75 Å². The van der Waals surface area contributed by atoms with Crippen LogP contribution in [0.15, 0.2) is 23.1 Å². The number of hydrogen-bond acceptors (Lipinski definition) is 4. The Balaban J connectivity index is 2.31. The van der Waals surface area contributed by atoms with Gasteiger partial charge in [0.2, 0.25) is 10.0 Å². The summed E-state index contributed by atoms with van der Waals surface area (Å²) in [4.78, 5) is 0.316. The van der Waals surface area contributed by atoms with E-state index >= 15 is 0 Å². The summed E-state index contributed by atoms with van der Waals surface area (Å²) in [6.45, 7) is 6.67. The van der Waals surface area contributed by atoms with Gasteiger partial charge in [-0.3, -0.25) is 0 Å². The first-order valence-corrected chi connectivity index (χ1v) is 8.79. The third-order valence-corrected chi connectivity index (χ3v) is 5.66. The summed E-state index contributed by atoms with van der Waals surface area (Å²) in [6.07, 6.45) is 1.77. The van der Waals surface area contributed by atoms with Gasteiger partial charge in [-0.2, -0.15) is 4.31 Å². The number of benzene rings is 1. The van der Waals surface area contributed by atoms with E-state index in [1.807, 2.05) is 20.8 Å². The Kier molecular flexibility index (Phi) is 4.91. The largest absolute Gasteiger partial charge is 0.491 e. The zero-order valence-electron chi connectivity index (χ0n) is 12.9. The van der Waals surface area contributed by atoms with Crippen molar-refractivity contribution in [3.05, 3.63) is 23.8 Å². The summed E-state index contributed by atoms with van der Waals surface area (Å²) in [5.41, 5.74) is 6.51. The summed E-state index contributed by atoms with van der Waals surface area (Å²) in [7, 11) is -3.47. The number of aryl methyl sites for hydroxylation is 1. The summed E-state index contributed by atoms with van der Waals surface area (Å²) in [5.74, 6) is 0.723. The maximum atomic E-state index is 12.7. The lowest BCUT2D eigenvalue weighted by atomic mass is 10.2. The maximum Gasteiger partial charge on any atom is 0.243 e. The molecule has 0 spiro atoms. The van der Waals surface area contributed by atoms with Gasteiger partial charge in [-0.1, -0.05) is 0 Å². The monoisotopic (exact) mass is 312 g/mol. The van der Waals surface area contributed by atoms with Crippen LogP contribution in [0.4, 0.5) is 0 Å². The molecule has 0 bridgehead atoms. The van der Waals surface area contributed by atoms with E-state index in [0.717, 1.165) is 24.2 Å². The maximum absolute atomic E-state index is 12.7. The van der Waals surface area contributed by atoms with E-state index in [9.17, 15) is 8.42 Å². The zero-order valence-corrected chi connectivity index (χ0v) is 13.7. The molecule has 1 aromatic carbocycles. The molecule has 0 radical (unpaired) electrons. The molecule has 0 amide bonds. The molecule has 0 unspecified atom stereocenters. The Labute approximate surface area is 127 Å². The average molecular weight is 312 g/mol. The van der Waals surface area contributed by atoms with Crippen LogP contribution in [0.5, 0.6) is 5.75 Å². The van der Waals surface area contributed by atoms with Crippen molar-refractivity contribution in [3.63, 3.8) is 0 Å². The molecule has 0 saturated carbocycles. The van der Waals surface area contributed by atoms with Crippen molar-refractivity contribution in [2.24, 2.45) is 5.73 Å². The van der Waals surface area contributed by atoms with E-state index in [-0.39, 0.29) is 12.1 Å². The van der Waals surface area contributed by atoms with Gasteiger partial charge in [0, 0.05) is 19.1 Å². The molecular formula is C15H24N2O3S. The highest BCUT2D eigenvalue weighted by atomic mass is 32.2. The van der Waals surface area contributed by atoms with E-state index in [4.69, 9.17) is 10.5 Å². The topological polar surface area (TPSA) is 72.6 Å². The van der Waals surface area contributed by atoms with Crippen LogP contribution in [-0.2, 0) is 10.0 Å². The summed E-state index contributed by atoms with van der Waals surface area (Å²) in [5, 5.41) is 0. The molecule has 2 N–H and O–H groups in total. The Morgan fingerprint density at radius 3 is 2.71 bits per heavy atom. The molecule has 1 heterocycles. The smallest absolute Gasteiger partial charge is 0.243 e. The average Bonchev–Trinajstić information content (AvgIpc) is 2.89. The number of rotatable bonds is 5. The highest BCUT2D eigenvalue weighted by Crippen LogP contribution is 2.28. The van der Waals surface area contributed by atoms with Crippen molar-refractivity contribution in [2.75, 3.05) is 13.1 Å². The van der Waals surface area contributed by atoms with Gasteiger partial charge >= 0.3 is 0 Å². The number of sulfonamides is 1. The van der Waals surface area contributed by atoms with Crippen LogP contribution < -0.4 is 10.5 Å². The Hall–Kier alpha value is -1.11. The molecule has 118 valence electrons. The van der Waals surface area contributed by atoms with E-state index < -0.39 is 10.0 Å². The minimum atomic E-state index is -3.47. The van der Waals surface area contributed by atoms with Crippen LogP contribution in [-0.4, -0.2) is 38.0 Å². The number of nitrogens with two attached hydrogens (primary N) is 1. The lowest BCUT2D eigenvalue weighted by molar-refractivity contribution is 0.240. The quantitative estimate of drug-likeness (QED) is 0.901. The molecule has 2 rings (SSSR count). The Bertz CT molecular complexity index is 599. The first kappa shape index (κ1) is 16.3. The van der Waals surface area contributed by atoms with Gasteiger partial charge in [0.1, 0.15) is 5.75 Å². The predicted octanol–water partition coefficient (Wildman–Crippen LogP) is 1.89. The fraction of sp³-hybridized carbons (Fsp3) is 0.600. The van der Waals surface area contributed by atoms with Gasteiger partial charge < -0.3 is 10.5 Å². The third-order valence-electron chi connectivity index (χ3n) is 3.71. The molecule has 1 aliphatic heterocycles. The van der Waals surface area contributed by atoms with Crippen molar-refractivity contribution in [1.82, 2.24) is 4.31 Å². The van der Waals surface area contributed by atoms with Gasteiger partial charge in [-0.15, -0.1) is 0 Å². The first-order chi connectivity index (χ1) is 9.86. The number of nitrogens with zero attached hydrogens (tertiary/aromatic N) is 1. The SMILES string of the molecule is Cc1cc(S(=O)(=O)N2CCC[C@@H]2CN)ccc1OC(C)C. The van der Waals surface area contributed by atoms with Gasteiger partial charge in [-0.05, 0) is 57.4 Å². The van der Waals surface area contributed by atoms with Gasteiger partial charge in [0.25, 0.3) is 0 Å². The standard InChI is InChI=1S/C15H24N2O3S/c1-11(2)20-15-7-6-14(9-12(15)3)21(18,19)17-8-4-5-13(17)10-16/h6-7,9,11,13H,4-5,8,10,16H2,1-3H3/t13-/m1/s1. The molecule has 1 saturated heterocycles. The molecular weight excluding hydrogens is 288 g/mol. The summed E-state index contributed by atoms with van der Waals surface area (Å²) in [6, 6.07) is 4.95. The van der Waals surface area contributed by atoms with E-state index in [2.05, 4.69) is 0 Å². The zero-order chi connectivity index (χ0) is 15.6. The second-order valence-electron chi connectivity index (χ2n) is 5.74. The van der Waals surface area contributed by atoms with Crippen LogP contribution in [0.2, 0.25) is 0 Å². The van der Waals surface area contributed by atoms with E-state index in [1.165, 1.54) is 4.31 Å².